The van der Waals surface area contributed by atoms with Gasteiger partial charge in [-0.05, 0) is 41.4 Å². The Morgan fingerprint density at radius 2 is 2.25 bits per heavy atom. The van der Waals surface area contributed by atoms with Gasteiger partial charge in [0, 0.05) is 12.6 Å². The second kappa shape index (κ2) is 6.13. The second-order valence-corrected chi connectivity index (χ2v) is 4.29. The molecule has 6 heteroatoms. The minimum atomic E-state index is -0.657. The summed E-state index contributed by atoms with van der Waals surface area (Å²) in [4.78, 5) is 14.6. The first-order chi connectivity index (χ1) is 9.60. The first-order valence-corrected chi connectivity index (χ1v) is 5.97. The third-order valence-electron chi connectivity index (χ3n) is 2.44. The molecule has 0 aliphatic rings. The van der Waals surface area contributed by atoms with Crippen molar-refractivity contribution in [3.05, 3.63) is 53.5 Å². The highest BCUT2D eigenvalue weighted by molar-refractivity contribution is 6.63. The Morgan fingerprint density at radius 1 is 1.45 bits per heavy atom. The van der Waals surface area contributed by atoms with Gasteiger partial charge < -0.3 is 4.74 Å². The molecule has 1 aromatic carbocycles. The molecule has 1 heterocycles. The fraction of sp³-hybridized carbons (Fsp3) is 0.0714. The summed E-state index contributed by atoms with van der Waals surface area (Å²) in [5.74, 6) is -0.712. The molecule has 0 saturated carbocycles. The van der Waals surface area contributed by atoms with E-state index in [2.05, 4.69) is 4.98 Å². The number of carbonyl (C=O) groups is 1. The molecule has 0 saturated heterocycles. The summed E-state index contributed by atoms with van der Waals surface area (Å²) in [6.45, 7) is 0. The van der Waals surface area contributed by atoms with Gasteiger partial charge in [-0.15, -0.1) is 0 Å². The van der Waals surface area contributed by atoms with E-state index in [1.807, 2.05) is 6.07 Å². The Hall–Kier alpha value is -2.45. The molecule has 0 atom stereocenters. The molecule has 2 rings (SSSR count). The number of nitrogens with zero attached hydrogens (tertiary/aromatic N) is 2. The highest BCUT2D eigenvalue weighted by atomic mass is 35.5. The highest BCUT2D eigenvalue weighted by Gasteiger charge is 2.11. The molecule has 0 aliphatic carbocycles. The molecular formula is C14H8ClFN2O2. The van der Waals surface area contributed by atoms with Gasteiger partial charge >= 0.3 is 0 Å². The monoisotopic (exact) mass is 290 g/mol. The summed E-state index contributed by atoms with van der Waals surface area (Å²) in [6.07, 6.45) is 1.38. The van der Waals surface area contributed by atoms with Crippen molar-refractivity contribution in [1.82, 2.24) is 4.98 Å². The molecule has 0 spiro atoms. The van der Waals surface area contributed by atoms with Crippen molar-refractivity contribution >= 4 is 16.8 Å². The topological polar surface area (TPSA) is 63.0 Å². The van der Waals surface area contributed by atoms with E-state index in [1.165, 1.54) is 24.4 Å². The number of ether oxygens (including phenoxy) is 1. The molecule has 0 fully saturated rings. The van der Waals surface area contributed by atoms with E-state index in [0.29, 0.717) is 5.56 Å². The van der Waals surface area contributed by atoms with Crippen LogP contribution in [0.5, 0.6) is 11.6 Å². The van der Waals surface area contributed by atoms with Crippen LogP contribution in [0.2, 0.25) is 0 Å². The summed E-state index contributed by atoms with van der Waals surface area (Å²) >= 11 is 5.24. The lowest BCUT2D eigenvalue weighted by atomic mass is 10.1. The van der Waals surface area contributed by atoms with Gasteiger partial charge in [-0.25, -0.2) is 9.37 Å². The van der Waals surface area contributed by atoms with Crippen LogP contribution in [-0.2, 0) is 11.2 Å². The SMILES string of the molecule is N#Cc1cccnc1Oc1ccc(CC(=O)Cl)cc1F. The number of rotatable bonds is 4. The van der Waals surface area contributed by atoms with Crippen LogP contribution in [0.4, 0.5) is 4.39 Å². The highest BCUT2D eigenvalue weighted by Crippen LogP contribution is 2.26. The van der Waals surface area contributed by atoms with E-state index in [9.17, 15) is 9.18 Å². The van der Waals surface area contributed by atoms with Crippen LogP contribution in [0, 0.1) is 17.1 Å². The van der Waals surface area contributed by atoms with Gasteiger partial charge in [0.15, 0.2) is 11.6 Å². The average molecular weight is 291 g/mol. The van der Waals surface area contributed by atoms with Crippen LogP contribution < -0.4 is 4.74 Å². The lowest BCUT2D eigenvalue weighted by Gasteiger charge is -2.07. The van der Waals surface area contributed by atoms with Crippen molar-refractivity contribution < 1.29 is 13.9 Å². The van der Waals surface area contributed by atoms with Gasteiger partial charge in [0.25, 0.3) is 0 Å². The standard InChI is InChI=1S/C14H8ClFN2O2/c15-13(19)7-9-3-4-12(11(16)6-9)20-14-10(8-17)2-1-5-18-14/h1-6H,7H2. The number of hydrogen-bond donors (Lipinski definition) is 0. The molecule has 2 aromatic rings. The Bertz CT molecular complexity index is 698. The van der Waals surface area contributed by atoms with Gasteiger partial charge in [0.2, 0.25) is 11.1 Å². The van der Waals surface area contributed by atoms with Gasteiger partial charge in [-0.3, -0.25) is 4.79 Å². The largest absolute Gasteiger partial charge is 0.435 e. The zero-order valence-electron chi connectivity index (χ0n) is 10.1. The van der Waals surface area contributed by atoms with Gasteiger partial charge in [0.1, 0.15) is 11.6 Å². The lowest BCUT2D eigenvalue weighted by molar-refractivity contribution is -0.111. The molecule has 0 unspecified atom stereocenters. The summed E-state index contributed by atoms with van der Waals surface area (Å²) in [6, 6.07) is 9.04. The third-order valence-corrected chi connectivity index (χ3v) is 2.57. The number of halogens is 2. The van der Waals surface area contributed by atoms with Gasteiger partial charge in [-0.1, -0.05) is 6.07 Å². The number of aromatic nitrogens is 1. The maximum absolute atomic E-state index is 13.8. The minimum Gasteiger partial charge on any atom is -0.435 e. The normalized spacial score (nSPS) is 9.85. The van der Waals surface area contributed by atoms with Crippen molar-refractivity contribution in [3.63, 3.8) is 0 Å². The predicted molar refractivity (Wildman–Crippen MR) is 70.0 cm³/mol. The van der Waals surface area contributed by atoms with E-state index in [4.69, 9.17) is 21.6 Å². The first kappa shape index (κ1) is 14.0. The maximum atomic E-state index is 13.8. The number of hydrogen-bond acceptors (Lipinski definition) is 4. The van der Waals surface area contributed by atoms with E-state index in [0.717, 1.165) is 6.07 Å². The van der Waals surface area contributed by atoms with Crippen molar-refractivity contribution in [2.45, 2.75) is 6.42 Å². The summed E-state index contributed by atoms with van der Waals surface area (Å²) in [7, 11) is 0. The number of nitriles is 1. The number of benzene rings is 1. The lowest BCUT2D eigenvalue weighted by Crippen LogP contribution is -1.97. The van der Waals surface area contributed by atoms with Crippen molar-refractivity contribution in [2.24, 2.45) is 0 Å². The Balaban J connectivity index is 2.26. The molecule has 4 nitrogen and oxygen atoms in total. The van der Waals surface area contributed by atoms with E-state index < -0.39 is 11.1 Å². The molecule has 0 bridgehead atoms. The predicted octanol–water partition coefficient (Wildman–Crippen LogP) is 3.19. The second-order valence-electron chi connectivity index (χ2n) is 3.87. The van der Waals surface area contributed by atoms with Crippen LogP contribution in [0.15, 0.2) is 36.5 Å². The van der Waals surface area contributed by atoms with Crippen molar-refractivity contribution in [3.8, 4) is 17.7 Å². The Kier molecular flexibility index (Phi) is 4.28. The molecule has 0 aliphatic heterocycles. The molecule has 0 amide bonds. The molecule has 0 radical (unpaired) electrons. The summed E-state index contributed by atoms with van der Waals surface area (Å²) in [5.41, 5.74) is 0.642. The molecular weight excluding hydrogens is 283 g/mol. The maximum Gasteiger partial charge on any atom is 0.237 e. The smallest absolute Gasteiger partial charge is 0.237 e. The van der Waals surface area contributed by atoms with E-state index >= 15 is 0 Å². The number of pyridine rings is 1. The average Bonchev–Trinajstić information content (AvgIpc) is 2.42. The van der Waals surface area contributed by atoms with Crippen LogP contribution in [0.25, 0.3) is 0 Å². The van der Waals surface area contributed by atoms with E-state index in [1.54, 1.807) is 6.07 Å². The summed E-state index contributed by atoms with van der Waals surface area (Å²) in [5, 5.41) is 8.32. The zero-order chi connectivity index (χ0) is 14.5. The summed E-state index contributed by atoms with van der Waals surface area (Å²) < 4.78 is 19.1. The Morgan fingerprint density at radius 3 is 2.90 bits per heavy atom. The van der Waals surface area contributed by atoms with Crippen molar-refractivity contribution in [1.29, 1.82) is 5.26 Å². The minimum absolute atomic E-state index is 0.0232. The first-order valence-electron chi connectivity index (χ1n) is 5.60. The van der Waals surface area contributed by atoms with Gasteiger partial charge in [-0.2, -0.15) is 5.26 Å². The molecule has 1 aromatic heterocycles. The number of carbonyl (C=O) groups excluding carboxylic acids is 1. The third kappa shape index (κ3) is 3.31. The van der Waals surface area contributed by atoms with E-state index in [-0.39, 0.29) is 23.6 Å². The quantitative estimate of drug-likeness (QED) is 0.811. The van der Waals surface area contributed by atoms with Crippen LogP contribution in [-0.4, -0.2) is 10.2 Å². The zero-order valence-corrected chi connectivity index (χ0v) is 10.9. The molecule has 20 heavy (non-hydrogen) atoms. The van der Waals surface area contributed by atoms with Crippen molar-refractivity contribution in [2.75, 3.05) is 0 Å². The van der Waals surface area contributed by atoms with Gasteiger partial charge in [0.05, 0.1) is 0 Å². The van der Waals surface area contributed by atoms with Crippen LogP contribution in [0.3, 0.4) is 0 Å². The molecule has 100 valence electrons. The fourth-order valence-electron chi connectivity index (χ4n) is 1.56. The Labute approximate surface area is 119 Å². The van der Waals surface area contributed by atoms with Crippen LogP contribution >= 0.6 is 11.6 Å². The molecule has 0 N–H and O–H groups in total. The fourth-order valence-corrected chi connectivity index (χ4v) is 1.71. The van der Waals surface area contributed by atoms with Crippen LogP contribution in [0.1, 0.15) is 11.1 Å².